The number of aromatic hydroxyl groups is 1. The first-order chi connectivity index (χ1) is 11.6. The van der Waals surface area contributed by atoms with Gasteiger partial charge in [0, 0.05) is 5.88 Å². The molecular formula is C18H17Cl3O3. The van der Waals surface area contributed by atoms with Crippen LogP contribution in [0.4, 0.5) is 0 Å². The molecule has 6 heteroatoms. The van der Waals surface area contributed by atoms with Gasteiger partial charge in [-0.05, 0) is 41.8 Å². The molecule has 0 unspecified atom stereocenters. The highest BCUT2D eigenvalue weighted by atomic mass is 35.5. The van der Waals surface area contributed by atoms with Gasteiger partial charge in [-0.2, -0.15) is 0 Å². The Morgan fingerprint density at radius 3 is 2.17 bits per heavy atom. The van der Waals surface area contributed by atoms with Crippen molar-refractivity contribution < 1.29 is 14.6 Å². The Labute approximate surface area is 156 Å². The van der Waals surface area contributed by atoms with Gasteiger partial charge in [-0.3, -0.25) is 0 Å². The zero-order valence-electron chi connectivity index (χ0n) is 12.9. The summed E-state index contributed by atoms with van der Waals surface area (Å²) in [5.74, 6) is 1.23. The van der Waals surface area contributed by atoms with E-state index >= 15 is 0 Å². The van der Waals surface area contributed by atoms with E-state index in [1.165, 1.54) is 0 Å². The summed E-state index contributed by atoms with van der Waals surface area (Å²) in [4.78, 5) is 0. The van der Waals surface area contributed by atoms with E-state index in [1.807, 2.05) is 24.3 Å². The molecule has 0 aliphatic carbocycles. The molecule has 1 saturated heterocycles. The first-order valence-electron chi connectivity index (χ1n) is 7.62. The van der Waals surface area contributed by atoms with Crippen molar-refractivity contribution in [2.24, 2.45) is 0 Å². The summed E-state index contributed by atoms with van der Waals surface area (Å²) in [6, 6.07) is 10.9. The molecule has 2 aromatic carbocycles. The Bertz CT molecular complexity index is 689. The van der Waals surface area contributed by atoms with E-state index in [1.54, 1.807) is 12.1 Å². The Kier molecular flexibility index (Phi) is 5.46. The van der Waals surface area contributed by atoms with E-state index in [2.05, 4.69) is 0 Å². The van der Waals surface area contributed by atoms with Crippen LogP contribution in [-0.4, -0.2) is 30.8 Å². The molecular weight excluding hydrogens is 371 g/mol. The first-order valence-corrected chi connectivity index (χ1v) is 8.91. The minimum Gasteiger partial charge on any atom is -0.508 e. The largest absolute Gasteiger partial charge is 0.508 e. The van der Waals surface area contributed by atoms with Crippen LogP contribution < -0.4 is 4.74 Å². The molecule has 1 heterocycles. The molecule has 0 amide bonds. The topological polar surface area (TPSA) is 38.7 Å². The minimum absolute atomic E-state index is 0.230. The number of phenols is 1. The molecule has 0 bridgehead atoms. The van der Waals surface area contributed by atoms with Gasteiger partial charge in [-0.25, -0.2) is 0 Å². The van der Waals surface area contributed by atoms with E-state index in [4.69, 9.17) is 44.3 Å². The van der Waals surface area contributed by atoms with Crippen LogP contribution >= 0.6 is 34.8 Å². The van der Waals surface area contributed by atoms with Crippen LogP contribution in [0.25, 0.3) is 0 Å². The molecule has 3 rings (SSSR count). The van der Waals surface area contributed by atoms with Crippen molar-refractivity contribution in [2.45, 2.75) is 11.8 Å². The smallest absolute Gasteiger partial charge is 0.156 e. The minimum atomic E-state index is -0.310. The maximum absolute atomic E-state index is 9.51. The maximum atomic E-state index is 9.51. The molecule has 0 spiro atoms. The van der Waals surface area contributed by atoms with E-state index in [-0.39, 0.29) is 11.2 Å². The van der Waals surface area contributed by atoms with Crippen LogP contribution in [-0.2, 0) is 10.2 Å². The molecule has 24 heavy (non-hydrogen) atoms. The summed E-state index contributed by atoms with van der Waals surface area (Å²) in [7, 11) is 0. The van der Waals surface area contributed by atoms with Crippen LogP contribution in [0.2, 0.25) is 10.0 Å². The predicted octanol–water partition coefficient (Wildman–Crippen LogP) is 5.02. The van der Waals surface area contributed by atoms with Crippen molar-refractivity contribution in [3.8, 4) is 11.5 Å². The lowest BCUT2D eigenvalue weighted by molar-refractivity contribution is -0.0380. The third-order valence-corrected chi connectivity index (χ3v) is 5.02. The lowest BCUT2D eigenvalue weighted by atomic mass is 9.73. The average molecular weight is 388 g/mol. The summed E-state index contributed by atoms with van der Waals surface area (Å²) in [5, 5.41) is 10.5. The first kappa shape index (κ1) is 17.7. The average Bonchev–Trinajstić information content (AvgIpc) is 2.51. The van der Waals surface area contributed by atoms with Gasteiger partial charge in [0.1, 0.15) is 5.75 Å². The summed E-state index contributed by atoms with van der Waals surface area (Å²) < 4.78 is 11.1. The molecule has 0 atom stereocenters. The molecule has 1 N–H and O–H groups in total. The summed E-state index contributed by atoms with van der Waals surface area (Å²) >= 11 is 18.4. The zero-order valence-corrected chi connectivity index (χ0v) is 15.2. The lowest BCUT2D eigenvalue weighted by Crippen LogP contribution is -2.47. The molecule has 128 valence electrons. The molecule has 0 aromatic heterocycles. The fraction of sp³-hybridized carbons (Fsp3) is 0.333. The van der Waals surface area contributed by atoms with Crippen LogP contribution in [0.5, 0.6) is 11.5 Å². The van der Waals surface area contributed by atoms with Gasteiger partial charge in [0.05, 0.1) is 35.3 Å². The van der Waals surface area contributed by atoms with Gasteiger partial charge < -0.3 is 14.6 Å². The van der Waals surface area contributed by atoms with Crippen LogP contribution in [0.15, 0.2) is 36.4 Å². The summed E-state index contributed by atoms with van der Waals surface area (Å²) in [6.45, 7) is 1.54. The Morgan fingerprint density at radius 1 is 1.04 bits per heavy atom. The van der Waals surface area contributed by atoms with Crippen molar-refractivity contribution in [1.82, 2.24) is 0 Å². The van der Waals surface area contributed by atoms with E-state index in [9.17, 15) is 5.11 Å². The van der Waals surface area contributed by atoms with Crippen molar-refractivity contribution >= 4 is 34.8 Å². The highest BCUT2D eigenvalue weighted by Crippen LogP contribution is 2.44. The van der Waals surface area contributed by atoms with Gasteiger partial charge in [0.2, 0.25) is 0 Å². The summed E-state index contributed by atoms with van der Waals surface area (Å²) in [6.07, 6.45) is 0.723. The van der Waals surface area contributed by atoms with Crippen LogP contribution in [0, 0.1) is 0 Å². The molecule has 0 radical (unpaired) electrons. The van der Waals surface area contributed by atoms with E-state index in [0.29, 0.717) is 41.5 Å². The third-order valence-electron chi connectivity index (χ3n) is 4.19. The van der Waals surface area contributed by atoms with Crippen LogP contribution in [0.1, 0.15) is 17.5 Å². The maximum Gasteiger partial charge on any atom is 0.156 e. The quantitative estimate of drug-likeness (QED) is 0.558. The molecule has 0 saturated carbocycles. The monoisotopic (exact) mass is 386 g/mol. The van der Waals surface area contributed by atoms with Gasteiger partial charge in [0.25, 0.3) is 0 Å². The van der Waals surface area contributed by atoms with Gasteiger partial charge >= 0.3 is 0 Å². The summed E-state index contributed by atoms with van der Waals surface area (Å²) in [5.41, 5.74) is 1.71. The molecule has 3 nitrogen and oxygen atoms in total. The lowest BCUT2D eigenvalue weighted by Gasteiger charge is -2.42. The van der Waals surface area contributed by atoms with Crippen molar-refractivity contribution in [3.63, 3.8) is 0 Å². The van der Waals surface area contributed by atoms with Gasteiger partial charge in [0.15, 0.2) is 5.75 Å². The Hall–Kier alpha value is -1.13. The standard InChI is InChI=1S/C18H17Cl3O3/c19-6-1-7-24-17-15(20)8-13(9-16(17)21)18(10-23-11-18)12-2-4-14(22)5-3-12/h2-5,8-9,22H,1,6-7,10-11H2. The SMILES string of the molecule is Oc1ccc(C2(c3cc(Cl)c(OCCCCl)c(Cl)c3)COC2)cc1. The predicted molar refractivity (Wildman–Crippen MR) is 97.0 cm³/mol. The van der Waals surface area contributed by atoms with Crippen molar-refractivity contribution in [1.29, 1.82) is 0 Å². The normalized spacial score (nSPS) is 15.8. The number of alkyl halides is 1. The van der Waals surface area contributed by atoms with Crippen molar-refractivity contribution in [3.05, 3.63) is 57.6 Å². The van der Waals surface area contributed by atoms with Crippen LogP contribution in [0.3, 0.4) is 0 Å². The van der Waals surface area contributed by atoms with E-state index < -0.39 is 0 Å². The highest BCUT2D eigenvalue weighted by molar-refractivity contribution is 6.37. The second-order valence-electron chi connectivity index (χ2n) is 5.78. The number of hydrogen-bond donors (Lipinski definition) is 1. The number of rotatable bonds is 6. The fourth-order valence-electron chi connectivity index (χ4n) is 2.79. The third kappa shape index (κ3) is 3.31. The number of benzene rings is 2. The number of halogens is 3. The second-order valence-corrected chi connectivity index (χ2v) is 6.97. The Balaban J connectivity index is 1.94. The molecule has 1 aliphatic heterocycles. The zero-order chi connectivity index (χ0) is 17.2. The van der Waals surface area contributed by atoms with E-state index in [0.717, 1.165) is 17.5 Å². The molecule has 1 fully saturated rings. The molecule has 2 aromatic rings. The van der Waals surface area contributed by atoms with Gasteiger partial charge in [-0.15, -0.1) is 11.6 Å². The highest BCUT2D eigenvalue weighted by Gasteiger charge is 2.42. The number of hydrogen-bond acceptors (Lipinski definition) is 3. The van der Waals surface area contributed by atoms with Crippen molar-refractivity contribution in [2.75, 3.05) is 25.7 Å². The number of ether oxygens (including phenoxy) is 2. The number of phenolic OH excluding ortho intramolecular Hbond substituents is 1. The second kappa shape index (κ2) is 7.40. The molecule has 1 aliphatic rings. The Morgan fingerprint density at radius 2 is 1.67 bits per heavy atom. The van der Waals surface area contributed by atoms with Gasteiger partial charge in [-0.1, -0.05) is 35.3 Å². The fourth-order valence-corrected chi connectivity index (χ4v) is 3.49.